The van der Waals surface area contributed by atoms with Gasteiger partial charge in [0.1, 0.15) is 5.00 Å². The Morgan fingerprint density at radius 1 is 1.20 bits per heavy atom. The highest BCUT2D eigenvalue weighted by Gasteiger charge is 2.25. The molecule has 4 rings (SSSR count). The molecule has 0 spiro atoms. The maximum Gasteiger partial charge on any atom is 0.252 e. The van der Waals surface area contributed by atoms with Gasteiger partial charge in [-0.1, -0.05) is 42.1 Å². The number of hydrogen-bond donors (Lipinski definition) is 3. The summed E-state index contributed by atoms with van der Waals surface area (Å²) < 4.78 is 0. The molecule has 4 N–H and O–H groups in total. The van der Waals surface area contributed by atoms with E-state index in [-0.39, 0.29) is 17.2 Å². The number of hydrogen-bond acceptors (Lipinski definition) is 6. The lowest BCUT2D eigenvalue weighted by molar-refractivity contribution is -0.113. The average Bonchev–Trinajstić information content (AvgIpc) is 3.10. The summed E-state index contributed by atoms with van der Waals surface area (Å²) >= 11 is 2.56. The molecule has 1 aliphatic rings. The van der Waals surface area contributed by atoms with Crippen LogP contribution < -0.4 is 16.6 Å². The Balaban J connectivity index is 1.47. The van der Waals surface area contributed by atoms with Crippen molar-refractivity contribution in [2.45, 2.75) is 30.8 Å². The Bertz CT molecular complexity index is 1150. The highest BCUT2D eigenvalue weighted by Crippen LogP contribution is 2.38. The number of aromatic nitrogens is 2. The fraction of sp³-hybridized carbons (Fsp3) is 0.238. The molecule has 0 bridgehead atoms. The third-order valence-corrected chi connectivity index (χ3v) is 6.88. The van der Waals surface area contributed by atoms with Crippen molar-refractivity contribution in [1.82, 2.24) is 9.97 Å². The topological polar surface area (TPSA) is 118 Å². The second kappa shape index (κ2) is 8.85. The predicted octanol–water partition coefficient (Wildman–Crippen LogP) is 3.21. The fourth-order valence-corrected chi connectivity index (χ4v) is 5.46. The number of rotatable bonds is 6. The third-order valence-electron chi connectivity index (χ3n) is 4.80. The number of anilines is 1. The zero-order valence-electron chi connectivity index (χ0n) is 16.1. The molecule has 1 aliphatic carbocycles. The Kier molecular flexibility index (Phi) is 6.01. The van der Waals surface area contributed by atoms with Crippen LogP contribution in [0.1, 0.15) is 33.6 Å². The van der Waals surface area contributed by atoms with E-state index in [0.29, 0.717) is 21.4 Å². The molecule has 0 unspecified atom stereocenters. The van der Waals surface area contributed by atoms with Crippen molar-refractivity contribution < 1.29 is 9.59 Å². The first-order valence-electron chi connectivity index (χ1n) is 9.55. The van der Waals surface area contributed by atoms with Crippen LogP contribution in [0.15, 0.2) is 46.3 Å². The van der Waals surface area contributed by atoms with Crippen LogP contribution in [0.5, 0.6) is 0 Å². The Labute approximate surface area is 181 Å². The summed E-state index contributed by atoms with van der Waals surface area (Å²) in [6.07, 6.45) is 3.81. The van der Waals surface area contributed by atoms with E-state index in [9.17, 15) is 14.4 Å². The number of nitrogens with two attached hydrogens (primary N) is 1. The number of H-pyrrole nitrogens is 1. The van der Waals surface area contributed by atoms with Gasteiger partial charge in [-0.05, 0) is 31.2 Å². The van der Waals surface area contributed by atoms with Crippen LogP contribution in [0, 0.1) is 0 Å². The van der Waals surface area contributed by atoms with Gasteiger partial charge >= 0.3 is 0 Å². The summed E-state index contributed by atoms with van der Waals surface area (Å²) in [7, 11) is 0. The number of thioether (sulfide) groups is 1. The molecule has 0 fully saturated rings. The second-order valence-electron chi connectivity index (χ2n) is 6.92. The van der Waals surface area contributed by atoms with E-state index in [4.69, 9.17) is 5.73 Å². The van der Waals surface area contributed by atoms with Crippen LogP contribution in [-0.2, 0) is 17.6 Å². The lowest BCUT2D eigenvalue weighted by Gasteiger charge is -2.11. The van der Waals surface area contributed by atoms with Crippen LogP contribution >= 0.6 is 23.1 Å². The van der Waals surface area contributed by atoms with Crippen LogP contribution in [-0.4, -0.2) is 27.5 Å². The van der Waals surface area contributed by atoms with E-state index in [1.54, 1.807) is 0 Å². The third kappa shape index (κ3) is 4.47. The summed E-state index contributed by atoms with van der Waals surface area (Å²) in [5.74, 6) is -0.755. The molecule has 30 heavy (non-hydrogen) atoms. The number of nitrogens with zero attached hydrogens (tertiary/aromatic N) is 1. The molecular weight excluding hydrogens is 420 g/mol. The highest BCUT2D eigenvalue weighted by molar-refractivity contribution is 7.99. The molecule has 0 aliphatic heterocycles. The molecule has 7 nitrogen and oxygen atoms in total. The monoisotopic (exact) mass is 440 g/mol. The van der Waals surface area contributed by atoms with Crippen molar-refractivity contribution in [3.8, 4) is 11.3 Å². The van der Waals surface area contributed by atoms with Gasteiger partial charge in [0, 0.05) is 16.5 Å². The first-order chi connectivity index (χ1) is 14.5. The standard InChI is InChI=1S/C21H20N4O3S2/c22-19(28)18-13-8-4-5-9-15(13)30-20(18)24-17(27)11-29-21-23-14(10-16(26)25-21)12-6-2-1-3-7-12/h1-3,6-7,10H,4-5,8-9,11H2,(H2,22,28)(H,24,27)(H,23,25,26). The smallest absolute Gasteiger partial charge is 0.252 e. The number of carbonyl (C=O) groups is 2. The Morgan fingerprint density at radius 2 is 1.97 bits per heavy atom. The lowest BCUT2D eigenvalue weighted by Crippen LogP contribution is -2.19. The van der Waals surface area contributed by atoms with Crippen molar-refractivity contribution in [3.63, 3.8) is 0 Å². The molecule has 0 saturated carbocycles. The number of carbonyl (C=O) groups excluding carboxylic acids is 2. The van der Waals surface area contributed by atoms with E-state index >= 15 is 0 Å². The quantitative estimate of drug-likeness (QED) is 0.402. The molecule has 154 valence electrons. The number of amides is 2. The van der Waals surface area contributed by atoms with Gasteiger partial charge in [-0.3, -0.25) is 14.4 Å². The molecule has 1 aromatic carbocycles. The minimum atomic E-state index is -0.515. The van der Waals surface area contributed by atoms with Crippen molar-refractivity contribution in [2.24, 2.45) is 5.73 Å². The predicted molar refractivity (Wildman–Crippen MR) is 119 cm³/mol. The largest absolute Gasteiger partial charge is 0.365 e. The van der Waals surface area contributed by atoms with Crippen molar-refractivity contribution in [2.75, 3.05) is 11.1 Å². The van der Waals surface area contributed by atoms with Gasteiger partial charge in [-0.15, -0.1) is 11.3 Å². The minimum absolute atomic E-state index is 0.0436. The maximum absolute atomic E-state index is 12.5. The van der Waals surface area contributed by atoms with Gasteiger partial charge in [-0.25, -0.2) is 4.98 Å². The van der Waals surface area contributed by atoms with Gasteiger partial charge in [0.2, 0.25) is 5.91 Å². The summed E-state index contributed by atoms with van der Waals surface area (Å²) in [6.45, 7) is 0. The zero-order valence-corrected chi connectivity index (χ0v) is 17.7. The Morgan fingerprint density at radius 3 is 2.73 bits per heavy atom. The first kappa shape index (κ1) is 20.4. The highest BCUT2D eigenvalue weighted by atomic mass is 32.2. The number of thiophene rings is 1. The van der Waals surface area contributed by atoms with Gasteiger partial charge in [-0.2, -0.15) is 0 Å². The Hall–Kier alpha value is -2.91. The van der Waals surface area contributed by atoms with Crippen LogP contribution in [0.3, 0.4) is 0 Å². The lowest BCUT2D eigenvalue weighted by atomic mass is 9.95. The summed E-state index contributed by atoms with van der Waals surface area (Å²) in [6, 6.07) is 10.8. The zero-order chi connectivity index (χ0) is 21.1. The number of aromatic amines is 1. The van der Waals surface area contributed by atoms with Crippen LogP contribution in [0.4, 0.5) is 5.00 Å². The second-order valence-corrected chi connectivity index (χ2v) is 8.99. The number of nitrogens with one attached hydrogen (secondary N) is 2. The first-order valence-corrected chi connectivity index (χ1v) is 11.4. The molecule has 0 atom stereocenters. The van der Waals surface area contributed by atoms with E-state index in [1.807, 2.05) is 30.3 Å². The molecule has 9 heteroatoms. The molecule has 0 radical (unpaired) electrons. The minimum Gasteiger partial charge on any atom is -0.365 e. The molecule has 2 aromatic heterocycles. The molecular formula is C21H20N4O3S2. The van der Waals surface area contributed by atoms with Crippen molar-refractivity contribution in [1.29, 1.82) is 0 Å². The molecule has 2 heterocycles. The fourth-order valence-electron chi connectivity index (χ4n) is 3.47. The SMILES string of the molecule is NC(=O)c1c(NC(=O)CSc2nc(-c3ccccc3)cc(=O)[nH]2)sc2c1CCCC2. The number of fused-ring (bicyclic) bond motifs is 1. The van der Waals surface area contributed by atoms with Gasteiger partial charge in [0.25, 0.3) is 11.5 Å². The van der Waals surface area contributed by atoms with E-state index < -0.39 is 5.91 Å². The summed E-state index contributed by atoms with van der Waals surface area (Å²) in [5.41, 5.74) is 8.07. The van der Waals surface area contributed by atoms with Gasteiger partial charge < -0.3 is 16.0 Å². The average molecular weight is 441 g/mol. The van der Waals surface area contributed by atoms with Crippen molar-refractivity contribution >= 4 is 39.9 Å². The number of primary amides is 1. The van der Waals surface area contributed by atoms with Crippen LogP contribution in [0.25, 0.3) is 11.3 Å². The molecule has 2 amide bonds. The maximum atomic E-state index is 12.5. The van der Waals surface area contributed by atoms with Gasteiger partial charge in [0.15, 0.2) is 5.16 Å². The summed E-state index contributed by atoms with van der Waals surface area (Å²) in [4.78, 5) is 44.7. The van der Waals surface area contributed by atoms with E-state index in [2.05, 4.69) is 15.3 Å². The van der Waals surface area contributed by atoms with E-state index in [1.165, 1.54) is 17.4 Å². The number of benzene rings is 1. The molecule has 0 saturated heterocycles. The molecule has 3 aromatic rings. The van der Waals surface area contributed by atoms with E-state index in [0.717, 1.165) is 53.4 Å². The van der Waals surface area contributed by atoms with Gasteiger partial charge in [0.05, 0.1) is 17.0 Å². The number of aryl methyl sites for hydroxylation is 1. The summed E-state index contributed by atoms with van der Waals surface area (Å²) in [5, 5.41) is 3.69. The normalized spacial score (nSPS) is 12.9. The van der Waals surface area contributed by atoms with Crippen molar-refractivity contribution in [3.05, 3.63) is 62.8 Å². The van der Waals surface area contributed by atoms with Crippen LogP contribution in [0.2, 0.25) is 0 Å².